The van der Waals surface area contributed by atoms with E-state index >= 15 is 0 Å². The van der Waals surface area contributed by atoms with Crippen LogP contribution in [0.25, 0.3) is 5.57 Å². The molecule has 0 aromatic heterocycles. The van der Waals surface area contributed by atoms with E-state index in [1.165, 1.54) is 49.7 Å². The molecule has 2 N–H and O–H groups in total. The molecule has 0 bridgehead atoms. The van der Waals surface area contributed by atoms with Crippen LogP contribution in [0.3, 0.4) is 0 Å². The summed E-state index contributed by atoms with van der Waals surface area (Å²) in [5.41, 5.74) is 4.22. The molecule has 9 unspecified atom stereocenters. The number of fused-ring (bicyclic) bond motifs is 7. The van der Waals surface area contributed by atoms with Crippen molar-refractivity contribution in [1.29, 1.82) is 5.41 Å². The smallest absolute Gasteiger partial charge is 0.309 e. The molecule has 6 aliphatic rings. The number of hydrogen-bond acceptors (Lipinski definition) is 3. The number of aliphatic carboxylic acids is 1. The highest BCUT2D eigenvalue weighted by atomic mass is 16.5. The lowest BCUT2D eigenvalue weighted by Crippen LogP contribution is -2.66. The van der Waals surface area contributed by atoms with E-state index in [1.807, 2.05) is 12.1 Å². The number of methoxy groups -OCH3 is 1. The summed E-state index contributed by atoms with van der Waals surface area (Å²) in [6, 6.07) is 8.44. The molecule has 0 spiro atoms. The van der Waals surface area contributed by atoms with Gasteiger partial charge in [0.15, 0.2) is 0 Å². The maximum Gasteiger partial charge on any atom is 0.309 e. The summed E-state index contributed by atoms with van der Waals surface area (Å²) in [7, 11) is 1.56. The summed E-state index contributed by atoms with van der Waals surface area (Å²) in [4.78, 5) is 13.1. The van der Waals surface area contributed by atoms with Gasteiger partial charge in [0.2, 0.25) is 5.90 Å². The summed E-state index contributed by atoms with van der Waals surface area (Å²) in [6.07, 6.45) is 15.3. The highest BCUT2D eigenvalue weighted by molar-refractivity contribution is 5.92. The molecule has 0 aliphatic heterocycles. The van der Waals surface area contributed by atoms with E-state index in [9.17, 15) is 9.90 Å². The molecule has 9 atom stereocenters. The average Bonchev–Trinajstić information content (AvgIpc) is 3.57. The van der Waals surface area contributed by atoms with Crippen LogP contribution in [-0.4, -0.2) is 24.1 Å². The third kappa shape index (κ3) is 3.73. The Morgan fingerprint density at radius 2 is 1.51 bits per heavy atom. The zero-order chi connectivity index (χ0) is 30.8. The van der Waals surface area contributed by atoms with Crippen molar-refractivity contribution in [3.8, 4) is 0 Å². The minimum atomic E-state index is -0.480. The van der Waals surface area contributed by atoms with E-state index in [2.05, 4.69) is 59.8 Å². The van der Waals surface area contributed by atoms with Crippen LogP contribution >= 0.6 is 0 Å². The quantitative estimate of drug-likeness (QED) is 0.273. The molecule has 6 aliphatic carbocycles. The Morgan fingerprint density at radius 3 is 2.14 bits per heavy atom. The Hall–Kier alpha value is -2.10. The monoisotopic (exact) mass is 585 g/mol. The molecule has 234 valence electrons. The van der Waals surface area contributed by atoms with Gasteiger partial charge >= 0.3 is 5.97 Å². The Kier molecular flexibility index (Phi) is 6.35. The maximum absolute atomic E-state index is 13.1. The Bertz CT molecular complexity index is 1370. The van der Waals surface area contributed by atoms with Gasteiger partial charge in [-0.2, -0.15) is 0 Å². The standard InChI is InChI=1S/C39H55NO3/c1-34(2)26(24-8-10-25(11-9-24)32(40)43-7)14-17-36(4)29(34)16-18-38(6)30(36)13-12-28-31-27(35(3)20-21-35)15-19-39(31,33(41)42)23-22-37(28,38)5/h8-11,14,27-31,40H,12-13,15-23H2,1-7H3,(H,41,42). The van der Waals surface area contributed by atoms with Crippen molar-refractivity contribution in [3.05, 3.63) is 41.5 Å². The van der Waals surface area contributed by atoms with Crippen LogP contribution in [0.15, 0.2) is 30.3 Å². The van der Waals surface area contributed by atoms with Crippen LogP contribution in [0, 0.1) is 67.5 Å². The van der Waals surface area contributed by atoms with Crippen molar-refractivity contribution in [1.82, 2.24) is 0 Å². The first-order chi connectivity index (χ1) is 20.2. The summed E-state index contributed by atoms with van der Waals surface area (Å²) in [5.74, 6) is 2.50. The Labute approximate surface area is 260 Å². The summed E-state index contributed by atoms with van der Waals surface area (Å²) < 4.78 is 5.16. The Balaban J connectivity index is 1.23. The van der Waals surface area contributed by atoms with E-state index < -0.39 is 11.4 Å². The zero-order valence-electron chi connectivity index (χ0n) is 27.8. The molecule has 1 aromatic carbocycles. The fraction of sp³-hybridized carbons (Fsp3) is 0.744. The number of carboxylic acids is 1. The van der Waals surface area contributed by atoms with Crippen LogP contribution in [0.4, 0.5) is 0 Å². The predicted octanol–water partition coefficient (Wildman–Crippen LogP) is 9.62. The van der Waals surface area contributed by atoms with Gasteiger partial charge < -0.3 is 9.84 Å². The number of rotatable bonds is 4. The number of carboxylic acid groups (broad SMARTS) is 1. The van der Waals surface area contributed by atoms with Crippen molar-refractivity contribution < 1.29 is 14.6 Å². The largest absolute Gasteiger partial charge is 0.481 e. The molecule has 5 saturated carbocycles. The minimum Gasteiger partial charge on any atom is -0.481 e. The fourth-order valence-electron chi connectivity index (χ4n) is 13.3. The molecule has 4 nitrogen and oxygen atoms in total. The van der Waals surface area contributed by atoms with Gasteiger partial charge in [0.05, 0.1) is 12.5 Å². The van der Waals surface area contributed by atoms with Gasteiger partial charge in [-0.1, -0.05) is 59.8 Å². The van der Waals surface area contributed by atoms with Crippen LogP contribution in [0.5, 0.6) is 0 Å². The van der Waals surface area contributed by atoms with Gasteiger partial charge in [0, 0.05) is 5.56 Å². The summed E-state index contributed by atoms with van der Waals surface area (Å²) in [5, 5.41) is 18.8. The number of nitrogens with one attached hydrogen (secondary N) is 1. The van der Waals surface area contributed by atoms with E-state index in [4.69, 9.17) is 10.1 Å². The molecule has 0 saturated heterocycles. The van der Waals surface area contributed by atoms with Gasteiger partial charge in [-0.25, -0.2) is 0 Å². The van der Waals surface area contributed by atoms with Crippen molar-refractivity contribution in [3.63, 3.8) is 0 Å². The van der Waals surface area contributed by atoms with Crippen molar-refractivity contribution in [2.75, 3.05) is 7.11 Å². The maximum atomic E-state index is 13.1. The lowest BCUT2D eigenvalue weighted by molar-refractivity contribution is -0.230. The normalized spacial score (nSPS) is 45.5. The molecule has 43 heavy (non-hydrogen) atoms. The zero-order valence-corrected chi connectivity index (χ0v) is 27.8. The number of hydrogen-bond donors (Lipinski definition) is 2. The lowest BCUT2D eigenvalue weighted by atomic mass is 9.32. The first-order valence-corrected chi connectivity index (χ1v) is 17.4. The lowest BCUT2D eigenvalue weighted by Gasteiger charge is -2.72. The van der Waals surface area contributed by atoms with Crippen LogP contribution in [0.2, 0.25) is 0 Å². The second kappa shape index (κ2) is 9.23. The molecular formula is C39H55NO3. The molecule has 4 heteroatoms. The van der Waals surface area contributed by atoms with E-state index in [-0.39, 0.29) is 27.6 Å². The highest BCUT2D eigenvalue weighted by Crippen LogP contribution is 2.79. The number of benzene rings is 1. The van der Waals surface area contributed by atoms with Gasteiger partial charge in [-0.3, -0.25) is 10.2 Å². The van der Waals surface area contributed by atoms with Gasteiger partial charge in [-0.05, 0) is 151 Å². The molecule has 0 heterocycles. The van der Waals surface area contributed by atoms with Crippen molar-refractivity contribution >= 4 is 17.4 Å². The van der Waals surface area contributed by atoms with Gasteiger partial charge in [0.25, 0.3) is 0 Å². The summed E-state index contributed by atoms with van der Waals surface area (Å²) >= 11 is 0. The molecule has 1 aromatic rings. The van der Waals surface area contributed by atoms with Crippen LogP contribution < -0.4 is 0 Å². The predicted molar refractivity (Wildman–Crippen MR) is 173 cm³/mol. The van der Waals surface area contributed by atoms with E-state index in [0.717, 1.165) is 37.7 Å². The van der Waals surface area contributed by atoms with Crippen molar-refractivity contribution in [2.24, 2.45) is 62.1 Å². The van der Waals surface area contributed by atoms with Crippen LogP contribution in [0.1, 0.15) is 123 Å². The van der Waals surface area contributed by atoms with E-state index in [1.54, 1.807) is 7.11 Å². The highest BCUT2D eigenvalue weighted by Gasteiger charge is 2.73. The number of ether oxygens (including phenoxy) is 1. The molecule has 5 fully saturated rings. The first-order valence-electron chi connectivity index (χ1n) is 17.4. The number of carbonyl (C=O) groups is 1. The SMILES string of the molecule is COC(=N)c1ccc(C2=CCC3(C)C(CCC4(C)C3CCC3C5C(C6(C)CC6)CCC5(C(=O)O)CCC34C)C2(C)C)cc1. The van der Waals surface area contributed by atoms with E-state index in [0.29, 0.717) is 35.0 Å². The number of allylic oxidation sites excluding steroid dienone is 2. The summed E-state index contributed by atoms with van der Waals surface area (Å²) in [6.45, 7) is 15.4. The fourth-order valence-corrected chi connectivity index (χ4v) is 13.3. The van der Waals surface area contributed by atoms with Crippen LogP contribution in [-0.2, 0) is 9.53 Å². The Morgan fingerprint density at radius 1 is 0.814 bits per heavy atom. The molecule has 0 amide bonds. The third-order valence-corrected chi connectivity index (χ3v) is 16.0. The first kappa shape index (κ1) is 29.6. The second-order valence-corrected chi connectivity index (χ2v) is 17.6. The molecular weight excluding hydrogens is 530 g/mol. The van der Waals surface area contributed by atoms with Gasteiger partial charge in [-0.15, -0.1) is 0 Å². The third-order valence-electron chi connectivity index (χ3n) is 16.0. The van der Waals surface area contributed by atoms with Gasteiger partial charge in [0.1, 0.15) is 0 Å². The average molecular weight is 586 g/mol. The second-order valence-electron chi connectivity index (χ2n) is 17.6. The molecule has 0 radical (unpaired) electrons. The topological polar surface area (TPSA) is 70.4 Å². The van der Waals surface area contributed by atoms with Crippen molar-refractivity contribution in [2.45, 2.75) is 112 Å². The molecule has 7 rings (SSSR count). The minimum absolute atomic E-state index is 0.0600.